The van der Waals surface area contributed by atoms with Crippen molar-refractivity contribution in [3.63, 3.8) is 0 Å². The molecule has 3 rings (SSSR count). The first kappa shape index (κ1) is 27.4. The number of rotatable bonds is 9. The van der Waals surface area contributed by atoms with Crippen molar-refractivity contribution in [1.82, 2.24) is 4.90 Å². The van der Waals surface area contributed by atoms with Crippen LogP contribution in [0.5, 0.6) is 17.2 Å². The lowest BCUT2D eigenvalue weighted by molar-refractivity contribution is -0.274. The number of methoxy groups -OCH3 is 1. The van der Waals surface area contributed by atoms with Gasteiger partial charge in [0.2, 0.25) is 0 Å². The van der Waals surface area contributed by atoms with Crippen LogP contribution in [0.4, 0.5) is 13.2 Å². The highest BCUT2D eigenvalue weighted by molar-refractivity contribution is 6.78. The number of benzene rings is 2. The number of hydrogen-bond acceptors (Lipinski definition) is 4. The van der Waals surface area contributed by atoms with Crippen LogP contribution in [-0.4, -0.2) is 33.2 Å². The van der Waals surface area contributed by atoms with Gasteiger partial charge in [-0.25, -0.2) is 0 Å². The van der Waals surface area contributed by atoms with Gasteiger partial charge in [-0.3, -0.25) is 4.90 Å². The van der Waals surface area contributed by atoms with Gasteiger partial charge in [-0.1, -0.05) is 53.7 Å². The maximum Gasteiger partial charge on any atom is 0.573 e. The van der Waals surface area contributed by atoms with Crippen LogP contribution in [0.3, 0.4) is 0 Å². The van der Waals surface area contributed by atoms with Crippen molar-refractivity contribution in [2.75, 3.05) is 13.7 Å². The van der Waals surface area contributed by atoms with Gasteiger partial charge in [0.1, 0.15) is 11.5 Å². The fraction of sp³-hybridized carbons (Fsp3) is 0.556. The zero-order chi connectivity index (χ0) is 26.0. The summed E-state index contributed by atoms with van der Waals surface area (Å²) in [5.41, 5.74) is 4.55. The molecular weight excluding hydrogens is 471 g/mol. The molecule has 0 aliphatic carbocycles. The number of fused-ring (bicyclic) bond motifs is 1. The van der Waals surface area contributed by atoms with E-state index >= 15 is 0 Å². The summed E-state index contributed by atoms with van der Waals surface area (Å²) in [6.45, 7) is 15.6. The minimum Gasteiger partial charge on any atom is -0.540 e. The third-order valence-electron chi connectivity index (χ3n) is 7.11. The van der Waals surface area contributed by atoms with E-state index in [0.717, 1.165) is 35.6 Å². The number of alkyl halides is 3. The zero-order valence-electron chi connectivity index (χ0n) is 21.8. The molecule has 1 aliphatic heterocycles. The summed E-state index contributed by atoms with van der Waals surface area (Å²) in [5.74, 6) is 1.38. The molecule has 1 heterocycles. The predicted molar refractivity (Wildman–Crippen MR) is 136 cm³/mol. The van der Waals surface area contributed by atoms with Crippen LogP contribution >= 0.6 is 0 Å². The second-order valence-electron chi connectivity index (χ2n) is 10.3. The van der Waals surface area contributed by atoms with Gasteiger partial charge in [0.15, 0.2) is 5.75 Å². The second kappa shape index (κ2) is 10.8. The zero-order valence-corrected chi connectivity index (χ0v) is 22.8. The number of halogens is 3. The molecule has 0 saturated carbocycles. The molecule has 0 atom stereocenters. The molecule has 8 heteroatoms. The first-order valence-electron chi connectivity index (χ1n) is 12.3. The highest BCUT2D eigenvalue weighted by atomic mass is 28.4. The van der Waals surface area contributed by atoms with Crippen LogP contribution in [0.15, 0.2) is 36.4 Å². The third-order valence-corrected chi connectivity index (χ3v) is 13.1. The number of nitrogens with zero attached hydrogens (tertiary/aromatic N) is 1. The minimum atomic E-state index is -4.69. The summed E-state index contributed by atoms with van der Waals surface area (Å²) in [6.07, 6.45) is -3.85. The topological polar surface area (TPSA) is 30.9 Å². The molecule has 0 radical (unpaired) electrons. The monoisotopic (exact) mass is 509 g/mol. The first-order chi connectivity index (χ1) is 16.4. The van der Waals surface area contributed by atoms with E-state index in [9.17, 15) is 13.2 Å². The van der Waals surface area contributed by atoms with E-state index in [1.165, 1.54) is 17.7 Å². The lowest BCUT2D eigenvalue weighted by Crippen LogP contribution is -2.50. The summed E-state index contributed by atoms with van der Waals surface area (Å²) in [5, 5.41) is 0. The maximum absolute atomic E-state index is 12.6. The van der Waals surface area contributed by atoms with Crippen LogP contribution in [0, 0.1) is 0 Å². The first-order valence-corrected chi connectivity index (χ1v) is 14.5. The number of hydrogen-bond donors (Lipinski definition) is 0. The molecule has 1 aliphatic rings. The summed E-state index contributed by atoms with van der Waals surface area (Å²) in [4.78, 5) is 2.23. The van der Waals surface area contributed by atoms with E-state index in [-0.39, 0.29) is 5.75 Å². The Labute approximate surface area is 208 Å². The molecule has 0 saturated heterocycles. The van der Waals surface area contributed by atoms with Gasteiger partial charge >= 0.3 is 6.36 Å². The van der Waals surface area contributed by atoms with Crippen LogP contribution < -0.4 is 13.9 Å². The molecule has 0 spiro atoms. The van der Waals surface area contributed by atoms with Gasteiger partial charge in [0.25, 0.3) is 8.32 Å². The van der Waals surface area contributed by atoms with Crippen molar-refractivity contribution >= 4 is 8.32 Å². The van der Waals surface area contributed by atoms with Gasteiger partial charge in [0.05, 0.1) is 7.11 Å². The summed E-state index contributed by atoms with van der Waals surface area (Å²) in [6, 6.07) is 10.4. The average molecular weight is 510 g/mol. The summed E-state index contributed by atoms with van der Waals surface area (Å²) < 4.78 is 54.5. The van der Waals surface area contributed by atoms with Gasteiger partial charge < -0.3 is 13.9 Å². The molecule has 194 valence electrons. The molecule has 2 aromatic carbocycles. The fourth-order valence-electron chi connectivity index (χ4n) is 5.64. The Bertz CT molecular complexity index is 986. The quantitative estimate of drug-likeness (QED) is 0.324. The molecule has 0 aromatic heterocycles. The molecule has 2 aromatic rings. The lowest BCUT2D eigenvalue weighted by atomic mass is 9.98. The molecule has 0 unspecified atom stereocenters. The molecule has 0 bridgehead atoms. The van der Waals surface area contributed by atoms with Crippen molar-refractivity contribution in [1.29, 1.82) is 0 Å². The van der Waals surface area contributed by atoms with Gasteiger partial charge in [0, 0.05) is 19.6 Å². The van der Waals surface area contributed by atoms with Crippen molar-refractivity contribution < 1.29 is 27.1 Å². The normalized spacial score (nSPS) is 15.0. The minimum absolute atomic E-state index is 0.191. The Kier molecular flexibility index (Phi) is 8.47. The fourth-order valence-corrected chi connectivity index (χ4v) is 10.9. The van der Waals surface area contributed by atoms with E-state index in [2.05, 4.69) is 63.3 Å². The lowest BCUT2D eigenvalue weighted by Gasteiger charge is -2.42. The van der Waals surface area contributed by atoms with E-state index < -0.39 is 14.7 Å². The molecule has 0 N–H and O–H groups in total. The Morgan fingerprint density at radius 2 is 1.54 bits per heavy atom. The van der Waals surface area contributed by atoms with Gasteiger partial charge in [-0.2, -0.15) is 0 Å². The average Bonchev–Trinajstić information content (AvgIpc) is 2.75. The van der Waals surface area contributed by atoms with Crippen LogP contribution in [0.1, 0.15) is 58.2 Å². The molecule has 35 heavy (non-hydrogen) atoms. The Balaban J connectivity index is 1.82. The van der Waals surface area contributed by atoms with E-state index in [4.69, 9.17) is 9.16 Å². The highest BCUT2D eigenvalue weighted by Crippen LogP contribution is 2.45. The van der Waals surface area contributed by atoms with Crippen LogP contribution in [0.2, 0.25) is 16.6 Å². The molecule has 0 fully saturated rings. The standard InChI is InChI=1S/C27H38F3NO3Si/c1-18(2)35(19(3)4,20(5)6)34-26-14-22-11-12-31(17-23(22)15-25(26)32-7)16-21-9-8-10-24(13-21)33-27(28,29)30/h8-10,13-15,18-20H,11-12,16-17H2,1-7H3. The third kappa shape index (κ3) is 6.33. The Hall–Kier alpha value is -2.19. The highest BCUT2D eigenvalue weighted by Gasteiger charge is 2.47. The van der Waals surface area contributed by atoms with Gasteiger partial charge in [-0.15, -0.1) is 13.2 Å². The predicted octanol–water partition coefficient (Wildman–Crippen LogP) is 7.71. The summed E-state index contributed by atoms with van der Waals surface area (Å²) >= 11 is 0. The van der Waals surface area contributed by atoms with E-state index in [1.807, 2.05) is 6.07 Å². The van der Waals surface area contributed by atoms with E-state index in [1.54, 1.807) is 13.2 Å². The summed E-state index contributed by atoms with van der Waals surface area (Å²) in [7, 11) is -0.459. The smallest absolute Gasteiger partial charge is 0.540 e. The second-order valence-corrected chi connectivity index (χ2v) is 15.7. The van der Waals surface area contributed by atoms with Crippen molar-refractivity contribution in [3.8, 4) is 17.2 Å². The molecule has 4 nitrogen and oxygen atoms in total. The largest absolute Gasteiger partial charge is 0.573 e. The van der Waals surface area contributed by atoms with Crippen molar-refractivity contribution in [3.05, 3.63) is 53.1 Å². The van der Waals surface area contributed by atoms with Crippen LogP contribution in [0.25, 0.3) is 0 Å². The van der Waals surface area contributed by atoms with E-state index in [0.29, 0.717) is 29.7 Å². The Morgan fingerprint density at radius 1 is 0.914 bits per heavy atom. The van der Waals surface area contributed by atoms with Gasteiger partial charge in [-0.05, 0) is 64.0 Å². The molecule has 0 amide bonds. The molecular formula is C27H38F3NO3Si. The van der Waals surface area contributed by atoms with Crippen LogP contribution in [-0.2, 0) is 19.5 Å². The maximum atomic E-state index is 12.6. The Morgan fingerprint density at radius 3 is 2.11 bits per heavy atom. The SMILES string of the molecule is COc1cc2c(cc1O[Si](C(C)C)(C(C)C)C(C)C)CCN(Cc1cccc(OC(F)(F)F)c1)C2. The van der Waals surface area contributed by atoms with Crippen molar-refractivity contribution in [2.24, 2.45) is 0 Å². The number of ether oxygens (including phenoxy) is 2. The van der Waals surface area contributed by atoms with Crippen molar-refractivity contribution in [2.45, 2.75) is 84.0 Å².